The lowest BCUT2D eigenvalue weighted by Crippen LogP contribution is -2.06. The summed E-state index contributed by atoms with van der Waals surface area (Å²) in [4.78, 5) is 4.05. The predicted molar refractivity (Wildman–Crippen MR) is 60.3 cm³/mol. The summed E-state index contributed by atoms with van der Waals surface area (Å²) in [5.74, 6) is 1.47. The van der Waals surface area contributed by atoms with Gasteiger partial charge in [-0.2, -0.15) is 5.10 Å². The Morgan fingerprint density at radius 3 is 3.00 bits per heavy atom. The van der Waals surface area contributed by atoms with Crippen LogP contribution in [0.15, 0.2) is 30.9 Å². The SMILES string of the molecule is CNCc1ccncc1Oc1cnn(C)c1. The molecule has 2 aromatic rings. The number of ether oxygens (including phenoxy) is 1. The van der Waals surface area contributed by atoms with Crippen LogP contribution in [0.4, 0.5) is 0 Å². The molecule has 0 saturated carbocycles. The van der Waals surface area contributed by atoms with Gasteiger partial charge in [-0.25, -0.2) is 0 Å². The zero-order valence-corrected chi connectivity index (χ0v) is 9.34. The van der Waals surface area contributed by atoms with Crippen LogP contribution in [0.25, 0.3) is 0 Å². The highest BCUT2D eigenvalue weighted by atomic mass is 16.5. The van der Waals surface area contributed by atoms with Crippen molar-refractivity contribution in [3.8, 4) is 11.5 Å². The number of nitrogens with one attached hydrogen (secondary N) is 1. The maximum absolute atomic E-state index is 5.70. The van der Waals surface area contributed by atoms with Crippen molar-refractivity contribution in [1.29, 1.82) is 0 Å². The molecule has 5 nitrogen and oxygen atoms in total. The van der Waals surface area contributed by atoms with Crippen LogP contribution in [0.1, 0.15) is 5.56 Å². The summed E-state index contributed by atoms with van der Waals surface area (Å²) >= 11 is 0. The number of aromatic nitrogens is 3. The molecular formula is C11H14N4O. The lowest BCUT2D eigenvalue weighted by Gasteiger charge is -2.08. The van der Waals surface area contributed by atoms with Gasteiger partial charge in [-0.05, 0) is 13.1 Å². The minimum absolute atomic E-state index is 0.716. The molecule has 84 valence electrons. The summed E-state index contributed by atoms with van der Waals surface area (Å²) in [6, 6.07) is 1.93. The van der Waals surface area contributed by atoms with Gasteiger partial charge in [0.25, 0.3) is 0 Å². The molecule has 0 radical (unpaired) electrons. The quantitative estimate of drug-likeness (QED) is 0.841. The second kappa shape index (κ2) is 4.76. The molecular weight excluding hydrogens is 204 g/mol. The second-order valence-electron chi connectivity index (χ2n) is 3.47. The summed E-state index contributed by atoms with van der Waals surface area (Å²) in [5.41, 5.74) is 1.07. The molecule has 5 heteroatoms. The Morgan fingerprint density at radius 2 is 2.31 bits per heavy atom. The number of pyridine rings is 1. The van der Waals surface area contributed by atoms with E-state index in [4.69, 9.17) is 4.74 Å². The Bertz CT molecular complexity index is 467. The molecule has 0 aliphatic carbocycles. The molecule has 2 aromatic heterocycles. The van der Waals surface area contributed by atoms with E-state index >= 15 is 0 Å². The maximum Gasteiger partial charge on any atom is 0.165 e. The van der Waals surface area contributed by atoms with E-state index in [2.05, 4.69) is 15.4 Å². The van der Waals surface area contributed by atoms with Crippen molar-refractivity contribution in [2.75, 3.05) is 7.05 Å². The van der Waals surface area contributed by atoms with E-state index < -0.39 is 0 Å². The van der Waals surface area contributed by atoms with Crippen molar-refractivity contribution in [1.82, 2.24) is 20.1 Å². The topological polar surface area (TPSA) is 52.0 Å². The normalized spacial score (nSPS) is 10.4. The molecule has 0 fully saturated rings. The maximum atomic E-state index is 5.70. The third kappa shape index (κ3) is 2.38. The number of nitrogens with zero attached hydrogens (tertiary/aromatic N) is 3. The third-order valence-electron chi connectivity index (χ3n) is 2.15. The lowest BCUT2D eigenvalue weighted by molar-refractivity contribution is 0.471. The molecule has 1 N–H and O–H groups in total. The second-order valence-corrected chi connectivity index (χ2v) is 3.47. The predicted octanol–water partition coefficient (Wildman–Crippen LogP) is 1.33. The van der Waals surface area contributed by atoms with Crippen LogP contribution in [-0.4, -0.2) is 21.8 Å². The van der Waals surface area contributed by atoms with Gasteiger partial charge >= 0.3 is 0 Å². The number of rotatable bonds is 4. The molecule has 0 aliphatic heterocycles. The average Bonchev–Trinajstić information content (AvgIpc) is 2.67. The largest absolute Gasteiger partial charge is 0.452 e. The van der Waals surface area contributed by atoms with Crippen LogP contribution < -0.4 is 10.1 Å². The molecule has 0 aliphatic rings. The third-order valence-corrected chi connectivity index (χ3v) is 2.15. The molecule has 0 spiro atoms. The Balaban J connectivity index is 2.20. The first-order chi connectivity index (χ1) is 7.79. The Morgan fingerprint density at radius 1 is 1.44 bits per heavy atom. The molecule has 0 bridgehead atoms. The van der Waals surface area contributed by atoms with E-state index in [1.165, 1.54) is 0 Å². The summed E-state index contributed by atoms with van der Waals surface area (Å²) in [6.45, 7) is 0.748. The van der Waals surface area contributed by atoms with Gasteiger partial charge in [0.2, 0.25) is 0 Å². The van der Waals surface area contributed by atoms with E-state index in [9.17, 15) is 0 Å². The fourth-order valence-electron chi connectivity index (χ4n) is 1.42. The molecule has 16 heavy (non-hydrogen) atoms. The highest BCUT2D eigenvalue weighted by Gasteiger charge is 2.05. The highest BCUT2D eigenvalue weighted by molar-refractivity contribution is 5.33. The summed E-state index contributed by atoms with van der Waals surface area (Å²) in [5, 5.41) is 7.13. The van der Waals surface area contributed by atoms with Crippen LogP contribution in [-0.2, 0) is 13.6 Å². The van der Waals surface area contributed by atoms with E-state index in [-0.39, 0.29) is 0 Å². The fourth-order valence-corrected chi connectivity index (χ4v) is 1.42. The van der Waals surface area contributed by atoms with Crippen LogP contribution in [0.5, 0.6) is 11.5 Å². The van der Waals surface area contributed by atoms with Gasteiger partial charge in [0, 0.05) is 25.4 Å². The van der Waals surface area contributed by atoms with Gasteiger partial charge in [0.15, 0.2) is 5.75 Å². The molecule has 2 heterocycles. The van der Waals surface area contributed by atoms with Gasteiger partial charge in [0.05, 0.1) is 18.6 Å². The van der Waals surface area contributed by atoms with Gasteiger partial charge < -0.3 is 10.1 Å². The van der Waals surface area contributed by atoms with E-state index in [0.29, 0.717) is 5.75 Å². The van der Waals surface area contributed by atoms with Crippen molar-refractivity contribution in [3.05, 3.63) is 36.4 Å². The fraction of sp³-hybridized carbons (Fsp3) is 0.273. The monoisotopic (exact) mass is 218 g/mol. The van der Waals surface area contributed by atoms with E-state index in [1.54, 1.807) is 23.3 Å². The van der Waals surface area contributed by atoms with Gasteiger partial charge in [-0.3, -0.25) is 9.67 Å². The van der Waals surface area contributed by atoms with Crippen molar-refractivity contribution in [2.45, 2.75) is 6.54 Å². The van der Waals surface area contributed by atoms with Crippen molar-refractivity contribution in [3.63, 3.8) is 0 Å². The Kier molecular flexibility index (Phi) is 3.16. The average molecular weight is 218 g/mol. The number of hydrogen-bond donors (Lipinski definition) is 1. The summed E-state index contributed by atoms with van der Waals surface area (Å²) < 4.78 is 7.39. The first-order valence-corrected chi connectivity index (χ1v) is 5.03. The standard InChI is InChI=1S/C11H14N4O/c1-12-5-9-3-4-13-7-11(9)16-10-6-14-15(2)8-10/h3-4,6-8,12H,5H2,1-2H3. The molecule has 0 aromatic carbocycles. The first-order valence-electron chi connectivity index (χ1n) is 5.03. The summed E-state index contributed by atoms with van der Waals surface area (Å²) in [7, 11) is 3.75. The Hall–Kier alpha value is -1.88. The van der Waals surface area contributed by atoms with Gasteiger partial charge in [0.1, 0.15) is 5.75 Å². The molecule has 0 amide bonds. The van der Waals surface area contributed by atoms with Crippen molar-refractivity contribution in [2.24, 2.45) is 7.05 Å². The van der Waals surface area contributed by atoms with Crippen molar-refractivity contribution < 1.29 is 4.74 Å². The molecule has 2 rings (SSSR count). The smallest absolute Gasteiger partial charge is 0.165 e. The van der Waals surface area contributed by atoms with E-state index in [1.807, 2.05) is 26.4 Å². The summed E-state index contributed by atoms with van der Waals surface area (Å²) in [6.07, 6.45) is 6.95. The van der Waals surface area contributed by atoms with Crippen molar-refractivity contribution >= 4 is 0 Å². The van der Waals surface area contributed by atoms with Crippen LogP contribution >= 0.6 is 0 Å². The molecule has 0 unspecified atom stereocenters. The number of aryl methyl sites for hydroxylation is 1. The van der Waals surface area contributed by atoms with Crippen LogP contribution in [0.2, 0.25) is 0 Å². The van der Waals surface area contributed by atoms with Crippen LogP contribution in [0, 0.1) is 0 Å². The lowest BCUT2D eigenvalue weighted by atomic mass is 10.2. The number of hydrogen-bond acceptors (Lipinski definition) is 4. The van der Waals surface area contributed by atoms with Gasteiger partial charge in [-0.1, -0.05) is 0 Å². The zero-order valence-electron chi connectivity index (χ0n) is 9.34. The minimum atomic E-state index is 0.716. The van der Waals surface area contributed by atoms with E-state index in [0.717, 1.165) is 17.9 Å². The first kappa shape index (κ1) is 10.6. The molecule has 0 saturated heterocycles. The zero-order chi connectivity index (χ0) is 11.4. The highest BCUT2D eigenvalue weighted by Crippen LogP contribution is 2.23. The van der Waals surface area contributed by atoms with Crippen LogP contribution in [0.3, 0.4) is 0 Å². The molecule has 0 atom stereocenters. The Labute approximate surface area is 94.1 Å². The van der Waals surface area contributed by atoms with Gasteiger partial charge in [-0.15, -0.1) is 0 Å². The minimum Gasteiger partial charge on any atom is -0.452 e.